The summed E-state index contributed by atoms with van der Waals surface area (Å²) in [6, 6.07) is 0. The molecule has 3 saturated carbocycles. The van der Waals surface area contributed by atoms with Crippen molar-refractivity contribution < 1.29 is 30.0 Å². The minimum absolute atomic E-state index is 0.0177. The Morgan fingerprint density at radius 3 is 2.67 bits per heavy atom. The van der Waals surface area contributed by atoms with Crippen molar-refractivity contribution in [1.82, 2.24) is 0 Å². The molecule has 0 spiro atoms. The van der Waals surface area contributed by atoms with Gasteiger partial charge in [-0.25, -0.2) is 4.79 Å². The predicted octanol–water partition coefficient (Wildman–Crippen LogP) is 1.44. The first kappa shape index (κ1) is 18.8. The summed E-state index contributed by atoms with van der Waals surface area (Å²) in [5.74, 6) is -1.39. The number of ketones is 1. The fraction of sp³-hybridized carbons (Fsp3) is 0.714. The molecule has 8 unspecified atom stereocenters. The van der Waals surface area contributed by atoms with Gasteiger partial charge in [0.05, 0.1) is 6.10 Å². The molecular weight excluding hydrogens is 348 g/mol. The second-order valence-corrected chi connectivity index (χ2v) is 9.42. The Bertz CT molecular complexity index is 756. The number of fused-ring (bicyclic) bond motifs is 5. The van der Waals surface area contributed by atoms with E-state index in [1.807, 2.05) is 13.0 Å². The highest BCUT2D eigenvalue weighted by Gasteiger charge is 2.68. The van der Waals surface area contributed by atoms with Crippen molar-refractivity contribution in [2.45, 2.75) is 63.8 Å². The maximum atomic E-state index is 11.8. The molecule has 0 aromatic rings. The third-order valence-corrected chi connectivity index (χ3v) is 8.40. The Labute approximate surface area is 158 Å². The van der Waals surface area contributed by atoms with Crippen molar-refractivity contribution >= 4 is 11.8 Å². The quantitative estimate of drug-likeness (QED) is 0.580. The second kappa shape index (κ2) is 5.75. The molecule has 4 rings (SSSR count). The summed E-state index contributed by atoms with van der Waals surface area (Å²) in [6.45, 7) is 3.89. The highest BCUT2D eigenvalue weighted by Crippen LogP contribution is 2.67. The van der Waals surface area contributed by atoms with Crippen molar-refractivity contribution in [3.63, 3.8) is 0 Å². The van der Waals surface area contributed by atoms with E-state index in [0.29, 0.717) is 6.42 Å². The maximum Gasteiger partial charge on any atom is 0.335 e. The van der Waals surface area contributed by atoms with E-state index in [4.69, 9.17) is 0 Å². The molecule has 8 atom stereocenters. The largest absolute Gasteiger partial charge is 0.479 e. The van der Waals surface area contributed by atoms with Gasteiger partial charge in [0.15, 0.2) is 11.9 Å². The summed E-state index contributed by atoms with van der Waals surface area (Å²) in [5, 5.41) is 41.9. The van der Waals surface area contributed by atoms with Gasteiger partial charge < -0.3 is 20.4 Å². The lowest BCUT2D eigenvalue weighted by Crippen LogP contribution is -2.63. The van der Waals surface area contributed by atoms with E-state index >= 15 is 0 Å². The first-order valence-corrected chi connectivity index (χ1v) is 9.80. The topological polar surface area (TPSA) is 115 Å². The first-order valence-electron chi connectivity index (χ1n) is 9.80. The predicted molar refractivity (Wildman–Crippen MR) is 96.6 cm³/mol. The third kappa shape index (κ3) is 2.30. The van der Waals surface area contributed by atoms with Gasteiger partial charge in [-0.05, 0) is 56.1 Å². The van der Waals surface area contributed by atoms with Gasteiger partial charge in [0.2, 0.25) is 0 Å². The molecule has 148 valence electrons. The Hall–Kier alpha value is -1.50. The summed E-state index contributed by atoms with van der Waals surface area (Å²) in [5.41, 5.74) is -1.95. The zero-order valence-corrected chi connectivity index (χ0v) is 15.8. The number of carbonyl (C=O) groups excluding carboxylic acids is 1. The smallest absolute Gasteiger partial charge is 0.335 e. The van der Waals surface area contributed by atoms with E-state index in [-0.39, 0.29) is 36.4 Å². The standard InChI is InChI=1S/C21H28O6/c1-19-7-5-12(22)9-11(19)3-4-13-14-6-8-21(27,17(24)18(25)26)20(14,2)10-15(23)16(13)19/h5,7,9,13-17,23-24,27H,3-4,6,8,10H2,1-2H3,(H,25,26). The Morgan fingerprint density at radius 2 is 2.00 bits per heavy atom. The van der Waals surface area contributed by atoms with Crippen LogP contribution in [0.15, 0.2) is 23.8 Å². The van der Waals surface area contributed by atoms with E-state index in [9.17, 15) is 30.0 Å². The molecule has 0 saturated heterocycles. The van der Waals surface area contributed by atoms with Crippen LogP contribution in [0.3, 0.4) is 0 Å². The summed E-state index contributed by atoms with van der Waals surface area (Å²) in [4.78, 5) is 23.2. The van der Waals surface area contributed by atoms with Crippen LogP contribution in [0.2, 0.25) is 0 Å². The fourth-order valence-corrected chi connectivity index (χ4v) is 7.02. The monoisotopic (exact) mass is 376 g/mol. The number of rotatable bonds is 2. The van der Waals surface area contributed by atoms with Gasteiger partial charge >= 0.3 is 5.97 Å². The van der Waals surface area contributed by atoms with E-state index in [1.165, 1.54) is 0 Å². The third-order valence-electron chi connectivity index (χ3n) is 8.40. The summed E-state index contributed by atoms with van der Waals surface area (Å²) in [6.07, 6.45) is 5.21. The van der Waals surface area contributed by atoms with Gasteiger partial charge in [0.25, 0.3) is 0 Å². The lowest BCUT2D eigenvalue weighted by Gasteiger charge is -2.60. The van der Waals surface area contributed by atoms with E-state index in [1.54, 1.807) is 12.2 Å². The first-order chi connectivity index (χ1) is 12.5. The number of carbonyl (C=O) groups is 2. The molecule has 4 N–H and O–H groups in total. The highest BCUT2D eigenvalue weighted by atomic mass is 16.4. The van der Waals surface area contributed by atoms with E-state index in [0.717, 1.165) is 18.4 Å². The van der Waals surface area contributed by atoms with Gasteiger partial charge in [0, 0.05) is 16.7 Å². The van der Waals surface area contributed by atoms with Crippen molar-refractivity contribution in [3.8, 4) is 0 Å². The number of hydrogen-bond donors (Lipinski definition) is 4. The van der Waals surface area contributed by atoms with Gasteiger partial charge in [-0.3, -0.25) is 4.79 Å². The molecule has 27 heavy (non-hydrogen) atoms. The molecule has 0 aliphatic heterocycles. The molecule has 0 bridgehead atoms. The SMILES string of the molecule is CC12C=CC(=O)C=C1CCC1C2C(O)CC2(C)C1CCC2(O)C(O)C(=O)O. The Morgan fingerprint density at radius 1 is 1.30 bits per heavy atom. The number of carboxylic acid groups (broad SMARTS) is 1. The molecule has 0 aromatic carbocycles. The number of hydrogen-bond acceptors (Lipinski definition) is 5. The van der Waals surface area contributed by atoms with Crippen LogP contribution in [0.25, 0.3) is 0 Å². The Balaban J connectivity index is 1.74. The maximum absolute atomic E-state index is 11.8. The van der Waals surface area contributed by atoms with Crippen LogP contribution in [0, 0.1) is 28.6 Å². The molecule has 3 fully saturated rings. The van der Waals surface area contributed by atoms with Crippen LogP contribution in [-0.4, -0.2) is 50.0 Å². The van der Waals surface area contributed by atoms with Crippen molar-refractivity contribution in [2.75, 3.05) is 0 Å². The van der Waals surface area contributed by atoms with Gasteiger partial charge in [-0.2, -0.15) is 0 Å². The lowest BCUT2D eigenvalue weighted by atomic mass is 9.46. The summed E-state index contributed by atoms with van der Waals surface area (Å²) >= 11 is 0. The number of aliphatic hydroxyl groups excluding tert-OH is 2. The normalized spacial score (nSPS) is 49.7. The number of aliphatic hydroxyl groups is 3. The molecule has 0 amide bonds. The highest BCUT2D eigenvalue weighted by molar-refractivity contribution is 6.01. The minimum atomic E-state index is -1.86. The van der Waals surface area contributed by atoms with Crippen LogP contribution >= 0.6 is 0 Å². The molecule has 6 nitrogen and oxygen atoms in total. The zero-order valence-electron chi connectivity index (χ0n) is 15.8. The molecular formula is C21H28O6. The summed E-state index contributed by atoms with van der Waals surface area (Å²) < 4.78 is 0. The van der Waals surface area contributed by atoms with E-state index in [2.05, 4.69) is 6.92 Å². The van der Waals surface area contributed by atoms with Gasteiger partial charge in [-0.15, -0.1) is 0 Å². The molecule has 0 radical (unpaired) electrons. The molecule has 6 heteroatoms. The zero-order chi connectivity index (χ0) is 19.8. The molecule has 0 aromatic heterocycles. The second-order valence-electron chi connectivity index (χ2n) is 9.42. The summed E-state index contributed by atoms with van der Waals surface area (Å²) in [7, 11) is 0. The van der Waals surface area contributed by atoms with Crippen LogP contribution in [-0.2, 0) is 9.59 Å². The average Bonchev–Trinajstić information content (AvgIpc) is 2.86. The lowest BCUT2D eigenvalue weighted by molar-refractivity contribution is -0.207. The van der Waals surface area contributed by atoms with Crippen molar-refractivity contribution in [1.29, 1.82) is 0 Å². The van der Waals surface area contributed by atoms with Crippen LogP contribution < -0.4 is 0 Å². The molecule has 0 heterocycles. The van der Waals surface area contributed by atoms with Crippen molar-refractivity contribution in [3.05, 3.63) is 23.8 Å². The van der Waals surface area contributed by atoms with Gasteiger partial charge in [-0.1, -0.05) is 25.5 Å². The Kier molecular flexibility index (Phi) is 4.01. The van der Waals surface area contributed by atoms with Gasteiger partial charge in [0.1, 0.15) is 5.60 Å². The van der Waals surface area contributed by atoms with Crippen LogP contribution in [0.4, 0.5) is 0 Å². The van der Waals surface area contributed by atoms with Crippen molar-refractivity contribution in [2.24, 2.45) is 28.6 Å². The number of carboxylic acids is 1. The van der Waals surface area contributed by atoms with Crippen LogP contribution in [0.5, 0.6) is 0 Å². The fourth-order valence-electron chi connectivity index (χ4n) is 7.02. The van der Waals surface area contributed by atoms with Crippen LogP contribution in [0.1, 0.15) is 46.0 Å². The average molecular weight is 376 g/mol. The molecule has 4 aliphatic rings. The number of allylic oxidation sites excluding steroid dienone is 4. The van der Waals surface area contributed by atoms with E-state index < -0.39 is 34.6 Å². The molecule has 4 aliphatic carbocycles. The minimum Gasteiger partial charge on any atom is -0.479 e. The number of aliphatic carboxylic acids is 1.